The Morgan fingerprint density at radius 1 is 1.07 bits per heavy atom. The van der Waals surface area contributed by atoms with Crippen molar-refractivity contribution in [3.63, 3.8) is 0 Å². The van der Waals surface area contributed by atoms with E-state index in [4.69, 9.17) is 4.55 Å². The molecular formula is C15H8F4INO6S. The predicted octanol–water partition coefficient (Wildman–Crippen LogP) is 3.27. The van der Waals surface area contributed by atoms with E-state index in [1.165, 1.54) is 13.0 Å². The molecule has 28 heavy (non-hydrogen) atoms. The summed E-state index contributed by atoms with van der Waals surface area (Å²) in [6, 6.07) is 3.57. The average molecular weight is 533 g/mol. The number of rotatable bonds is 4. The maximum atomic E-state index is 13.9. The Morgan fingerprint density at radius 2 is 1.61 bits per heavy atom. The van der Waals surface area contributed by atoms with E-state index in [1.807, 2.05) is 22.6 Å². The minimum Gasteiger partial charge on any atom is -0.416 e. The first-order valence-corrected chi connectivity index (χ1v) is 9.49. The van der Waals surface area contributed by atoms with Crippen molar-refractivity contribution in [2.75, 3.05) is 5.32 Å². The van der Waals surface area contributed by atoms with Gasteiger partial charge in [0, 0.05) is 10.5 Å². The number of nitrogens with one attached hydrogen (secondary N) is 1. The Kier molecular flexibility index (Phi) is 6.30. The fourth-order valence-electron chi connectivity index (χ4n) is 2.00. The molecular weight excluding hydrogens is 525 g/mol. The quantitative estimate of drug-likeness (QED) is 0.156. The molecule has 2 aromatic rings. The first kappa shape index (κ1) is 22.0. The molecule has 0 spiro atoms. The van der Waals surface area contributed by atoms with Gasteiger partial charge < -0.3 is 10.1 Å². The van der Waals surface area contributed by atoms with Crippen LogP contribution in [0.15, 0.2) is 23.1 Å². The number of anilines is 1. The van der Waals surface area contributed by atoms with Gasteiger partial charge in [-0.3, -0.25) is 9.35 Å². The van der Waals surface area contributed by atoms with Crippen LogP contribution in [0.1, 0.15) is 17.3 Å². The molecule has 1 amide bonds. The van der Waals surface area contributed by atoms with Crippen molar-refractivity contribution < 1.29 is 44.9 Å². The molecule has 7 nitrogen and oxygen atoms in total. The SMILES string of the molecule is CC(=O)Nc1cc(C(=O)Oc2c(F)c(F)c(S(=O)(=O)O)c(F)c2F)ccc1I. The number of amides is 1. The van der Waals surface area contributed by atoms with Crippen molar-refractivity contribution in [2.24, 2.45) is 0 Å². The molecule has 0 heterocycles. The van der Waals surface area contributed by atoms with Crippen LogP contribution in [0.2, 0.25) is 0 Å². The number of hydrogen-bond donors (Lipinski definition) is 2. The Balaban J connectivity index is 2.50. The van der Waals surface area contributed by atoms with Gasteiger partial charge in [-0.05, 0) is 40.8 Å². The van der Waals surface area contributed by atoms with Crippen molar-refractivity contribution in [1.29, 1.82) is 0 Å². The lowest BCUT2D eigenvalue weighted by Crippen LogP contribution is -2.16. The Labute approximate surface area is 168 Å². The lowest BCUT2D eigenvalue weighted by Gasteiger charge is -2.11. The third kappa shape index (κ3) is 4.41. The van der Waals surface area contributed by atoms with Gasteiger partial charge in [0.2, 0.25) is 23.3 Å². The fourth-order valence-corrected chi connectivity index (χ4v) is 3.10. The molecule has 0 radical (unpaired) electrons. The first-order valence-electron chi connectivity index (χ1n) is 6.97. The summed E-state index contributed by atoms with van der Waals surface area (Å²) in [7, 11) is -5.64. The van der Waals surface area contributed by atoms with E-state index in [0.29, 0.717) is 3.57 Å². The van der Waals surface area contributed by atoms with Gasteiger partial charge in [-0.2, -0.15) is 17.2 Å². The van der Waals surface area contributed by atoms with Crippen molar-refractivity contribution >= 4 is 50.3 Å². The number of carbonyl (C=O) groups is 2. The van der Waals surface area contributed by atoms with E-state index < -0.39 is 55.9 Å². The van der Waals surface area contributed by atoms with Crippen molar-refractivity contribution in [2.45, 2.75) is 11.8 Å². The predicted molar refractivity (Wildman–Crippen MR) is 94.5 cm³/mol. The maximum absolute atomic E-state index is 13.9. The molecule has 0 fully saturated rings. The van der Waals surface area contributed by atoms with Crippen LogP contribution in [0.4, 0.5) is 23.2 Å². The second-order valence-electron chi connectivity index (χ2n) is 5.15. The number of benzene rings is 2. The molecule has 13 heteroatoms. The van der Waals surface area contributed by atoms with Gasteiger partial charge in [-0.25, -0.2) is 13.6 Å². The standard InChI is InChI=1S/C15H8F4INO6S/c1-5(22)21-8-4-6(2-3-7(8)20)15(23)27-13-9(16)11(18)14(28(24,25)26)12(19)10(13)17/h2-4H,1H3,(H,21,22)(H,24,25,26). The first-order chi connectivity index (χ1) is 12.8. The molecule has 2 aromatic carbocycles. The third-order valence-corrected chi connectivity index (χ3v) is 4.96. The van der Waals surface area contributed by atoms with E-state index in [0.717, 1.165) is 12.1 Å². The highest BCUT2D eigenvalue weighted by molar-refractivity contribution is 14.1. The molecule has 0 bridgehead atoms. The molecule has 0 aliphatic heterocycles. The van der Waals surface area contributed by atoms with Crippen LogP contribution in [0, 0.1) is 26.8 Å². The molecule has 2 rings (SSSR count). The van der Waals surface area contributed by atoms with Gasteiger partial charge in [0.15, 0.2) is 16.5 Å². The van der Waals surface area contributed by atoms with Crippen molar-refractivity contribution in [3.05, 3.63) is 50.6 Å². The van der Waals surface area contributed by atoms with E-state index >= 15 is 0 Å². The maximum Gasteiger partial charge on any atom is 0.343 e. The summed E-state index contributed by atoms with van der Waals surface area (Å²) in [5, 5.41) is 2.38. The smallest absolute Gasteiger partial charge is 0.343 e. The number of ether oxygens (including phenoxy) is 1. The summed E-state index contributed by atoms with van der Waals surface area (Å²) in [5.74, 6) is -13.4. The molecule has 0 unspecified atom stereocenters. The van der Waals surface area contributed by atoms with Crippen LogP contribution in [0.5, 0.6) is 5.75 Å². The van der Waals surface area contributed by atoms with E-state index in [9.17, 15) is 35.6 Å². The van der Waals surface area contributed by atoms with Gasteiger partial charge in [-0.1, -0.05) is 0 Å². The summed E-state index contributed by atoms with van der Waals surface area (Å²) in [4.78, 5) is 21.0. The summed E-state index contributed by atoms with van der Waals surface area (Å²) >= 11 is 1.82. The minimum absolute atomic E-state index is 0.155. The monoisotopic (exact) mass is 533 g/mol. The van der Waals surface area contributed by atoms with Crippen LogP contribution < -0.4 is 10.1 Å². The van der Waals surface area contributed by atoms with Crippen LogP contribution >= 0.6 is 22.6 Å². The zero-order chi connectivity index (χ0) is 21.4. The van der Waals surface area contributed by atoms with E-state index in [2.05, 4.69) is 10.1 Å². The molecule has 0 saturated heterocycles. The zero-order valence-electron chi connectivity index (χ0n) is 13.5. The molecule has 150 valence electrons. The highest BCUT2D eigenvalue weighted by Gasteiger charge is 2.34. The molecule has 0 aliphatic rings. The van der Waals surface area contributed by atoms with E-state index in [-0.39, 0.29) is 11.3 Å². The third-order valence-electron chi connectivity index (χ3n) is 3.15. The van der Waals surface area contributed by atoms with Crippen molar-refractivity contribution in [3.8, 4) is 5.75 Å². The number of esters is 1. The lowest BCUT2D eigenvalue weighted by atomic mass is 10.2. The van der Waals surface area contributed by atoms with Crippen LogP contribution in [-0.4, -0.2) is 24.8 Å². The van der Waals surface area contributed by atoms with Crippen LogP contribution in [0.25, 0.3) is 0 Å². The fraction of sp³-hybridized carbons (Fsp3) is 0.0667. The molecule has 0 aliphatic carbocycles. The molecule has 2 N–H and O–H groups in total. The number of carbonyl (C=O) groups excluding carboxylic acids is 2. The lowest BCUT2D eigenvalue weighted by molar-refractivity contribution is -0.114. The van der Waals surface area contributed by atoms with Gasteiger partial charge >= 0.3 is 16.1 Å². The minimum atomic E-state index is -5.64. The summed E-state index contributed by atoms with van der Waals surface area (Å²) in [6.07, 6.45) is 0. The van der Waals surface area contributed by atoms with Gasteiger partial charge in [0.25, 0.3) is 0 Å². The Bertz CT molecular complexity index is 1080. The molecule has 0 atom stereocenters. The van der Waals surface area contributed by atoms with E-state index in [1.54, 1.807) is 0 Å². The second-order valence-corrected chi connectivity index (χ2v) is 7.68. The van der Waals surface area contributed by atoms with Crippen molar-refractivity contribution in [1.82, 2.24) is 0 Å². The molecule has 0 saturated carbocycles. The average Bonchev–Trinajstić information content (AvgIpc) is 2.57. The van der Waals surface area contributed by atoms with Crippen LogP contribution in [-0.2, 0) is 14.9 Å². The summed E-state index contributed by atoms with van der Waals surface area (Å²) in [5.41, 5.74) is -0.190. The topological polar surface area (TPSA) is 110 Å². The van der Waals surface area contributed by atoms with Crippen LogP contribution in [0.3, 0.4) is 0 Å². The highest BCUT2D eigenvalue weighted by Crippen LogP contribution is 2.33. The normalized spacial score (nSPS) is 11.2. The Hall–Kier alpha value is -2.26. The number of hydrogen-bond acceptors (Lipinski definition) is 5. The second kappa shape index (κ2) is 8.00. The highest BCUT2D eigenvalue weighted by atomic mass is 127. The summed E-state index contributed by atoms with van der Waals surface area (Å²) in [6.45, 7) is 1.19. The summed E-state index contributed by atoms with van der Waals surface area (Å²) < 4.78 is 90.7. The zero-order valence-corrected chi connectivity index (χ0v) is 16.5. The van der Waals surface area contributed by atoms with Gasteiger partial charge in [0.05, 0.1) is 11.3 Å². The number of halogens is 5. The largest absolute Gasteiger partial charge is 0.416 e. The molecule has 0 aromatic heterocycles. The van der Waals surface area contributed by atoms with Gasteiger partial charge in [0.1, 0.15) is 0 Å². The van der Waals surface area contributed by atoms with Gasteiger partial charge in [-0.15, -0.1) is 0 Å². The Morgan fingerprint density at radius 3 is 2.07 bits per heavy atom.